The topological polar surface area (TPSA) is 94.1 Å². The maximum absolute atomic E-state index is 12.8. The molecule has 4 rings (SSSR count). The van der Waals surface area contributed by atoms with Crippen LogP contribution >= 0.6 is 11.8 Å². The molecule has 2 heterocycles. The van der Waals surface area contributed by atoms with Crippen LogP contribution in [0.4, 0.5) is 0 Å². The first-order valence-electron chi connectivity index (χ1n) is 9.41. The molecule has 30 heavy (non-hydrogen) atoms. The van der Waals surface area contributed by atoms with Gasteiger partial charge in [-0.15, -0.1) is 11.8 Å². The van der Waals surface area contributed by atoms with Crippen molar-refractivity contribution in [2.75, 3.05) is 0 Å². The summed E-state index contributed by atoms with van der Waals surface area (Å²) in [5, 5.41) is 10.8. The highest BCUT2D eigenvalue weighted by Gasteiger charge is 2.15. The number of carbonyl (C=O) groups is 1. The Hall–Kier alpha value is -3.39. The molecule has 8 heteroatoms. The monoisotopic (exact) mass is 420 g/mol. The summed E-state index contributed by atoms with van der Waals surface area (Å²) in [5.41, 5.74) is 3.37. The normalized spacial score (nSPS) is 10.9. The lowest BCUT2D eigenvalue weighted by Gasteiger charge is -2.09. The van der Waals surface area contributed by atoms with Crippen molar-refractivity contribution in [1.29, 1.82) is 0 Å². The third-order valence-electron chi connectivity index (χ3n) is 4.59. The average molecular weight is 420 g/mol. The fraction of sp³-hybridized carbons (Fsp3) is 0.182. The van der Waals surface area contributed by atoms with Gasteiger partial charge in [-0.25, -0.2) is 0 Å². The molecule has 0 aliphatic carbocycles. The van der Waals surface area contributed by atoms with E-state index in [0.29, 0.717) is 23.0 Å². The van der Waals surface area contributed by atoms with Crippen molar-refractivity contribution in [3.8, 4) is 11.4 Å². The fourth-order valence-electron chi connectivity index (χ4n) is 2.92. The molecular weight excluding hydrogens is 400 g/mol. The maximum atomic E-state index is 12.8. The molecule has 0 atom stereocenters. The van der Waals surface area contributed by atoms with Gasteiger partial charge in [-0.3, -0.25) is 4.79 Å². The molecule has 4 aromatic rings. The van der Waals surface area contributed by atoms with Gasteiger partial charge < -0.3 is 14.4 Å². The van der Waals surface area contributed by atoms with Gasteiger partial charge in [-0.05, 0) is 26.0 Å². The fourth-order valence-corrected chi connectivity index (χ4v) is 4.12. The Morgan fingerprint density at radius 3 is 2.53 bits per heavy atom. The van der Waals surface area contributed by atoms with E-state index >= 15 is 0 Å². The van der Waals surface area contributed by atoms with Crippen molar-refractivity contribution in [3.63, 3.8) is 0 Å². The molecule has 1 N–H and O–H groups in total. The number of nitrogens with one attached hydrogen (secondary N) is 1. The largest absolute Gasteiger partial charge is 0.361 e. The van der Waals surface area contributed by atoms with Crippen LogP contribution in [0.25, 0.3) is 11.4 Å². The molecule has 0 radical (unpaired) electrons. The van der Waals surface area contributed by atoms with Gasteiger partial charge in [0.2, 0.25) is 11.7 Å². The van der Waals surface area contributed by atoms with Crippen molar-refractivity contribution in [3.05, 3.63) is 83.1 Å². The summed E-state index contributed by atoms with van der Waals surface area (Å²) in [5.74, 6) is 2.12. The summed E-state index contributed by atoms with van der Waals surface area (Å²) < 4.78 is 10.5. The number of rotatable bonds is 7. The highest BCUT2D eigenvalue weighted by Crippen LogP contribution is 2.28. The van der Waals surface area contributed by atoms with E-state index in [-0.39, 0.29) is 12.5 Å². The van der Waals surface area contributed by atoms with Crippen LogP contribution in [0.1, 0.15) is 33.3 Å². The number of aromatic nitrogens is 3. The number of hydrogen-bond donors (Lipinski definition) is 1. The first-order valence-corrected chi connectivity index (χ1v) is 10.4. The van der Waals surface area contributed by atoms with Crippen LogP contribution in [0, 0.1) is 13.8 Å². The maximum Gasteiger partial charge on any atom is 0.252 e. The molecule has 152 valence electrons. The molecule has 7 nitrogen and oxygen atoms in total. The lowest BCUT2D eigenvalue weighted by atomic mass is 10.2. The zero-order valence-electron chi connectivity index (χ0n) is 16.6. The predicted octanol–water partition coefficient (Wildman–Crippen LogP) is 4.56. The molecule has 0 spiro atoms. The van der Waals surface area contributed by atoms with Gasteiger partial charge >= 0.3 is 0 Å². The van der Waals surface area contributed by atoms with Crippen molar-refractivity contribution >= 4 is 17.7 Å². The van der Waals surface area contributed by atoms with Crippen molar-refractivity contribution in [1.82, 2.24) is 20.6 Å². The van der Waals surface area contributed by atoms with E-state index in [9.17, 15) is 4.79 Å². The first-order chi connectivity index (χ1) is 14.6. The SMILES string of the molecule is Cc1noc(C)c1CSc1ccccc1C(=O)NCc1nc(-c2ccccc2)no1. The number of benzene rings is 2. The summed E-state index contributed by atoms with van der Waals surface area (Å²) in [6, 6.07) is 17.0. The first kappa shape index (κ1) is 19.9. The number of aryl methyl sites for hydroxylation is 2. The quantitative estimate of drug-likeness (QED) is 0.438. The summed E-state index contributed by atoms with van der Waals surface area (Å²) in [4.78, 5) is 18.0. The Labute approximate surface area is 177 Å². The third-order valence-corrected chi connectivity index (χ3v) is 5.69. The molecule has 0 saturated heterocycles. The molecule has 0 aliphatic rings. The second-order valence-electron chi connectivity index (χ2n) is 6.65. The summed E-state index contributed by atoms with van der Waals surface area (Å²) in [6.07, 6.45) is 0. The molecule has 0 saturated carbocycles. The number of carbonyl (C=O) groups excluding carboxylic acids is 1. The van der Waals surface area contributed by atoms with E-state index in [1.54, 1.807) is 17.8 Å². The number of hydrogen-bond acceptors (Lipinski definition) is 7. The Balaban J connectivity index is 1.41. The van der Waals surface area contributed by atoms with E-state index in [4.69, 9.17) is 9.05 Å². The number of thioether (sulfide) groups is 1. The highest BCUT2D eigenvalue weighted by molar-refractivity contribution is 7.98. The summed E-state index contributed by atoms with van der Waals surface area (Å²) in [6.45, 7) is 3.96. The zero-order chi connectivity index (χ0) is 20.9. The van der Waals surface area contributed by atoms with Crippen LogP contribution in [0.5, 0.6) is 0 Å². The number of amides is 1. The van der Waals surface area contributed by atoms with Crippen LogP contribution in [-0.4, -0.2) is 21.2 Å². The van der Waals surface area contributed by atoms with Crippen LogP contribution in [0.3, 0.4) is 0 Å². The molecule has 0 bridgehead atoms. The van der Waals surface area contributed by atoms with Crippen LogP contribution in [0.15, 0.2) is 68.5 Å². The van der Waals surface area contributed by atoms with Crippen molar-refractivity contribution < 1.29 is 13.8 Å². The van der Waals surface area contributed by atoms with Gasteiger partial charge in [0.15, 0.2) is 0 Å². The van der Waals surface area contributed by atoms with Crippen LogP contribution < -0.4 is 5.32 Å². The molecule has 2 aromatic carbocycles. The standard InChI is InChI=1S/C22H20N4O3S/c1-14-18(15(2)28-25-14)13-30-19-11-7-6-10-17(19)22(27)23-12-20-24-21(26-29-20)16-8-4-3-5-9-16/h3-11H,12-13H2,1-2H3,(H,23,27). The van der Waals surface area contributed by atoms with E-state index < -0.39 is 0 Å². The van der Waals surface area contributed by atoms with Crippen molar-refractivity contribution in [2.45, 2.75) is 31.0 Å². The van der Waals surface area contributed by atoms with E-state index in [1.807, 2.05) is 62.4 Å². The molecule has 0 fully saturated rings. The Kier molecular flexibility index (Phi) is 5.94. The smallest absolute Gasteiger partial charge is 0.252 e. The van der Waals surface area contributed by atoms with E-state index in [0.717, 1.165) is 27.5 Å². The van der Waals surface area contributed by atoms with Gasteiger partial charge in [-0.1, -0.05) is 52.8 Å². The molecule has 2 aromatic heterocycles. The number of nitrogens with zero attached hydrogens (tertiary/aromatic N) is 3. The molecule has 0 aliphatic heterocycles. The second-order valence-corrected chi connectivity index (χ2v) is 7.67. The Bertz CT molecular complexity index is 1130. The van der Waals surface area contributed by atoms with Gasteiger partial charge in [0, 0.05) is 21.8 Å². The lowest BCUT2D eigenvalue weighted by Crippen LogP contribution is -2.23. The highest BCUT2D eigenvalue weighted by atomic mass is 32.2. The van der Waals surface area contributed by atoms with Gasteiger partial charge in [0.1, 0.15) is 5.76 Å². The summed E-state index contributed by atoms with van der Waals surface area (Å²) >= 11 is 1.57. The van der Waals surface area contributed by atoms with Crippen molar-refractivity contribution in [2.24, 2.45) is 0 Å². The van der Waals surface area contributed by atoms with Gasteiger partial charge in [0.05, 0.1) is 17.8 Å². The second kappa shape index (κ2) is 8.96. The Morgan fingerprint density at radius 2 is 1.77 bits per heavy atom. The Morgan fingerprint density at radius 1 is 1.00 bits per heavy atom. The minimum Gasteiger partial charge on any atom is -0.361 e. The summed E-state index contributed by atoms with van der Waals surface area (Å²) in [7, 11) is 0. The molecule has 1 amide bonds. The minimum absolute atomic E-state index is 0.154. The molecule has 0 unspecified atom stereocenters. The van der Waals surface area contributed by atoms with E-state index in [1.165, 1.54) is 0 Å². The van der Waals surface area contributed by atoms with Gasteiger partial charge in [-0.2, -0.15) is 4.98 Å². The third kappa shape index (κ3) is 4.44. The van der Waals surface area contributed by atoms with Crippen LogP contribution in [-0.2, 0) is 12.3 Å². The lowest BCUT2D eigenvalue weighted by molar-refractivity contribution is 0.0943. The molecular formula is C22H20N4O3S. The van der Waals surface area contributed by atoms with E-state index in [2.05, 4.69) is 20.6 Å². The van der Waals surface area contributed by atoms with Crippen LogP contribution in [0.2, 0.25) is 0 Å². The average Bonchev–Trinajstić information content (AvgIpc) is 3.38. The predicted molar refractivity (Wildman–Crippen MR) is 113 cm³/mol. The zero-order valence-corrected chi connectivity index (χ0v) is 17.4. The van der Waals surface area contributed by atoms with Gasteiger partial charge in [0.25, 0.3) is 5.91 Å². The minimum atomic E-state index is -0.198.